The summed E-state index contributed by atoms with van der Waals surface area (Å²) in [5.74, 6) is -0.404. The maximum Gasteiger partial charge on any atom is 0.255 e. The van der Waals surface area contributed by atoms with Crippen LogP contribution in [0.4, 0.5) is 21.7 Å². The van der Waals surface area contributed by atoms with Crippen molar-refractivity contribution in [2.45, 2.75) is 23.8 Å². The van der Waals surface area contributed by atoms with Gasteiger partial charge in [-0.2, -0.15) is 0 Å². The molecule has 0 aliphatic carbocycles. The summed E-state index contributed by atoms with van der Waals surface area (Å²) in [6.07, 6.45) is 4.88. The summed E-state index contributed by atoms with van der Waals surface area (Å²) < 4.78 is 43.2. The van der Waals surface area contributed by atoms with Crippen LogP contribution < -0.4 is 25.4 Å². The van der Waals surface area contributed by atoms with Gasteiger partial charge < -0.3 is 20.3 Å². The first-order valence-electron chi connectivity index (χ1n) is 10.8. The van der Waals surface area contributed by atoms with Gasteiger partial charge in [0.15, 0.2) is 0 Å². The minimum absolute atomic E-state index is 0.0604. The van der Waals surface area contributed by atoms with Gasteiger partial charge in [-0.05, 0) is 55.3 Å². The maximum absolute atomic E-state index is 15.0. The Balaban J connectivity index is 1.43. The number of benzene rings is 2. The van der Waals surface area contributed by atoms with Crippen LogP contribution in [0, 0.1) is 5.82 Å². The molecule has 1 aromatic heterocycles. The Morgan fingerprint density at radius 1 is 1.14 bits per heavy atom. The van der Waals surface area contributed by atoms with Gasteiger partial charge in [-0.15, -0.1) is 5.14 Å². The molecular weight excluding hydrogens is 475 g/mol. The van der Waals surface area contributed by atoms with Crippen LogP contribution in [0.25, 0.3) is 0 Å². The average molecular weight is 500 g/mol. The van der Waals surface area contributed by atoms with E-state index in [4.69, 9.17) is 9.88 Å². The topological polar surface area (TPSA) is 137 Å². The van der Waals surface area contributed by atoms with Crippen molar-refractivity contribution in [1.29, 1.82) is 0 Å². The first-order chi connectivity index (χ1) is 16.7. The quantitative estimate of drug-likeness (QED) is 0.506. The predicted octanol–water partition coefficient (Wildman–Crippen LogP) is 2.93. The van der Waals surface area contributed by atoms with Gasteiger partial charge in [0.05, 0.1) is 23.4 Å². The zero-order chi connectivity index (χ0) is 25.0. The number of carbonyl (C=O) groups excluding carboxylic acids is 1. The minimum atomic E-state index is -4.23. The summed E-state index contributed by atoms with van der Waals surface area (Å²) >= 11 is 0. The van der Waals surface area contributed by atoms with E-state index in [1.807, 2.05) is 4.90 Å². The average Bonchev–Trinajstić information content (AvgIpc) is 2.84. The molecule has 2 heterocycles. The number of aromatic nitrogens is 2. The molecule has 10 nitrogen and oxygen atoms in total. The van der Waals surface area contributed by atoms with Gasteiger partial charge in [-0.1, -0.05) is 0 Å². The molecule has 3 N–H and O–H groups in total. The number of halogens is 1. The van der Waals surface area contributed by atoms with E-state index in [-0.39, 0.29) is 27.9 Å². The lowest BCUT2D eigenvalue weighted by Gasteiger charge is -2.34. The number of anilines is 3. The van der Waals surface area contributed by atoms with Crippen LogP contribution in [0.2, 0.25) is 0 Å². The Kier molecular flexibility index (Phi) is 7.12. The summed E-state index contributed by atoms with van der Waals surface area (Å²) in [5.41, 5.74) is 0.522. The van der Waals surface area contributed by atoms with Gasteiger partial charge in [0.25, 0.3) is 15.9 Å². The Morgan fingerprint density at radius 3 is 2.49 bits per heavy atom. The van der Waals surface area contributed by atoms with Crippen molar-refractivity contribution < 1.29 is 22.3 Å². The summed E-state index contributed by atoms with van der Waals surface area (Å²) in [4.78, 5) is 22.7. The van der Waals surface area contributed by atoms with Crippen LogP contribution in [0.3, 0.4) is 0 Å². The monoisotopic (exact) mass is 499 g/mol. The van der Waals surface area contributed by atoms with E-state index in [2.05, 4.69) is 20.6 Å². The second-order valence-corrected chi connectivity index (χ2v) is 9.44. The molecule has 1 fully saturated rings. The van der Waals surface area contributed by atoms with Gasteiger partial charge in [-0.25, -0.2) is 22.8 Å². The molecule has 183 valence electrons. The fraction of sp³-hybridized carbons (Fsp3) is 0.261. The fourth-order valence-corrected chi connectivity index (χ4v) is 4.39. The minimum Gasteiger partial charge on any atom is -0.495 e. The third kappa shape index (κ3) is 5.84. The molecule has 2 aromatic carbocycles. The summed E-state index contributed by atoms with van der Waals surface area (Å²) in [6, 6.07) is 9.80. The molecule has 0 bridgehead atoms. The second-order valence-electron chi connectivity index (χ2n) is 7.96. The predicted molar refractivity (Wildman–Crippen MR) is 129 cm³/mol. The van der Waals surface area contributed by atoms with Crippen molar-refractivity contribution in [3.8, 4) is 5.75 Å². The van der Waals surface area contributed by atoms with E-state index in [1.54, 1.807) is 24.5 Å². The Bertz CT molecular complexity index is 1310. The lowest BCUT2D eigenvalue weighted by Crippen LogP contribution is -2.39. The van der Waals surface area contributed by atoms with Crippen molar-refractivity contribution >= 4 is 33.3 Å². The van der Waals surface area contributed by atoms with E-state index < -0.39 is 21.7 Å². The van der Waals surface area contributed by atoms with Crippen molar-refractivity contribution in [3.63, 3.8) is 0 Å². The Labute approximate surface area is 202 Å². The van der Waals surface area contributed by atoms with E-state index in [0.717, 1.165) is 25.0 Å². The van der Waals surface area contributed by atoms with Crippen molar-refractivity contribution in [2.75, 3.05) is 35.7 Å². The second kappa shape index (κ2) is 10.2. The molecule has 4 rings (SSSR count). The molecule has 12 heteroatoms. The molecule has 1 aliphatic rings. The van der Waals surface area contributed by atoms with Gasteiger partial charge in [0.2, 0.25) is 5.95 Å². The molecule has 35 heavy (non-hydrogen) atoms. The highest BCUT2D eigenvalue weighted by Crippen LogP contribution is 2.29. The molecular formula is C23H24FN6O4S. The van der Waals surface area contributed by atoms with E-state index >= 15 is 0 Å². The van der Waals surface area contributed by atoms with Crippen molar-refractivity contribution in [3.05, 3.63) is 66.2 Å². The van der Waals surface area contributed by atoms with Crippen molar-refractivity contribution in [1.82, 2.24) is 15.1 Å². The molecule has 0 atom stereocenters. The Hall–Kier alpha value is -3.77. The number of ether oxygens (including phenoxy) is 1. The van der Waals surface area contributed by atoms with Crippen LogP contribution in [-0.4, -0.2) is 50.5 Å². The highest BCUT2D eigenvalue weighted by Gasteiger charge is 2.23. The maximum atomic E-state index is 15.0. The van der Waals surface area contributed by atoms with Gasteiger partial charge in [0.1, 0.15) is 11.6 Å². The number of rotatable bonds is 7. The molecule has 1 aliphatic heterocycles. The largest absolute Gasteiger partial charge is 0.495 e. The molecule has 1 amide bonds. The van der Waals surface area contributed by atoms with Crippen LogP contribution >= 0.6 is 0 Å². The number of hydrogen-bond donors (Lipinski definition) is 2. The highest BCUT2D eigenvalue weighted by molar-refractivity contribution is 7.88. The first kappa shape index (κ1) is 24.4. The van der Waals surface area contributed by atoms with Gasteiger partial charge in [0, 0.05) is 37.1 Å². The number of nitrogens with one attached hydrogen (secondary N) is 3. The summed E-state index contributed by atoms with van der Waals surface area (Å²) in [6.45, 7) is 1.25. The molecule has 0 unspecified atom stereocenters. The highest BCUT2D eigenvalue weighted by atomic mass is 32.2. The number of methoxy groups -OCH3 is 1. The normalized spacial score (nSPS) is 14.4. The molecule has 3 aromatic rings. The Morgan fingerprint density at radius 2 is 1.86 bits per heavy atom. The molecule has 1 saturated heterocycles. The molecule has 0 saturated carbocycles. The number of carbonyl (C=O) groups is 1. The zero-order valence-electron chi connectivity index (χ0n) is 18.9. The lowest BCUT2D eigenvalue weighted by atomic mass is 10.0. The number of amides is 1. The van der Waals surface area contributed by atoms with Crippen LogP contribution in [0.5, 0.6) is 5.75 Å². The van der Waals surface area contributed by atoms with E-state index in [0.29, 0.717) is 24.7 Å². The third-order valence-corrected chi connectivity index (χ3v) is 6.55. The number of piperidine rings is 1. The molecule has 1 radical (unpaired) electrons. The zero-order valence-corrected chi connectivity index (χ0v) is 19.7. The van der Waals surface area contributed by atoms with Gasteiger partial charge >= 0.3 is 0 Å². The van der Waals surface area contributed by atoms with Crippen LogP contribution in [0.1, 0.15) is 23.2 Å². The number of hydrogen-bond acceptors (Lipinski definition) is 8. The van der Waals surface area contributed by atoms with Crippen LogP contribution in [0.15, 0.2) is 59.8 Å². The molecule has 0 spiro atoms. The first-order valence-corrected chi connectivity index (χ1v) is 12.3. The summed E-state index contributed by atoms with van der Waals surface area (Å²) in [5, 5.41) is 13.0. The van der Waals surface area contributed by atoms with Crippen LogP contribution in [-0.2, 0) is 10.0 Å². The lowest BCUT2D eigenvalue weighted by molar-refractivity contribution is 0.102. The summed E-state index contributed by atoms with van der Waals surface area (Å²) in [7, 11) is -2.87. The number of nitrogens with zero attached hydrogens (tertiary/aromatic N) is 3. The third-order valence-electron chi connectivity index (χ3n) is 5.67. The van der Waals surface area contributed by atoms with E-state index in [9.17, 15) is 17.6 Å². The van der Waals surface area contributed by atoms with E-state index in [1.165, 1.54) is 25.3 Å². The fourth-order valence-electron chi connectivity index (χ4n) is 3.87. The van der Waals surface area contributed by atoms with Crippen molar-refractivity contribution in [2.24, 2.45) is 0 Å². The van der Waals surface area contributed by atoms with Gasteiger partial charge in [-0.3, -0.25) is 4.79 Å². The SMILES string of the molecule is COc1ccc(S([NH])(=O)=O)cc1NC(=O)c1ccc(N2CCC(Nc3ncccn3)CC2)c(F)c1. The standard InChI is InChI=1S/C23H24FN6O4S/c1-34-21-6-4-17(35(25,32)33)14-19(21)29-22(31)15-3-5-20(18(24)13-15)30-11-7-16(8-12-30)28-23-26-9-2-10-27-23/h2-6,9-10,13-14,16,25H,7-8,11-12H2,1H3,(H,29,31)(H,26,27,28). The smallest absolute Gasteiger partial charge is 0.255 e. The number of sulfonamides is 1.